The molecule has 0 aliphatic heterocycles. The predicted octanol–water partition coefficient (Wildman–Crippen LogP) is 5.85. The van der Waals surface area contributed by atoms with Crippen molar-refractivity contribution in [1.29, 1.82) is 0 Å². The highest BCUT2D eigenvalue weighted by Crippen LogP contribution is 2.27. The van der Waals surface area contributed by atoms with Crippen molar-refractivity contribution in [3.63, 3.8) is 0 Å². The molecule has 3 aromatic rings. The number of anilines is 1. The zero-order chi connectivity index (χ0) is 32.4. The first-order valence-electron chi connectivity index (χ1n) is 15.7. The molecule has 0 aromatic heterocycles. The number of hydrogen-bond donors (Lipinski definition) is 1. The van der Waals surface area contributed by atoms with Crippen LogP contribution in [0.15, 0.2) is 77.7 Å². The Kier molecular flexibility index (Phi) is 11.9. The highest BCUT2D eigenvalue weighted by atomic mass is 32.2. The Morgan fingerprint density at radius 1 is 0.889 bits per heavy atom. The summed E-state index contributed by atoms with van der Waals surface area (Å²) in [6, 6.07) is 19.7. The van der Waals surface area contributed by atoms with Crippen LogP contribution >= 0.6 is 0 Å². The Morgan fingerprint density at radius 3 is 2.09 bits per heavy atom. The number of nitrogens with zero attached hydrogens (tertiary/aromatic N) is 2. The molecule has 0 spiro atoms. The number of nitrogens with one attached hydrogen (secondary N) is 1. The van der Waals surface area contributed by atoms with Gasteiger partial charge in [0.2, 0.25) is 11.8 Å². The summed E-state index contributed by atoms with van der Waals surface area (Å²) in [6.45, 7) is 5.73. The molecule has 1 unspecified atom stereocenters. The first-order valence-corrected chi connectivity index (χ1v) is 17.1. The van der Waals surface area contributed by atoms with Crippen molar-refractivity contribution in [3.8, 4) is 11.5 Å². The molecule has 3 aromatic carbocycles. The summed E-state index contributed by atoms with van der Waals surface area (Å²) >= 11 is 0. The van der Waals surface area contributed by atoms with Crippen LogP contribution in [0.4, 0.5) is 5.69 Å². The van der Waals surface area contributed by atoms with Gasteiger partial charge in [-0.25, -0.2) is 8.42 Å². The minimum Gasteiger partial charge on any atom is -0.497 e. The van der Waals surface area contributed by atoms with Gasteiger partial charge in [-0.1, -0.05) is 56.0 Å². The maximum atomic E-state index is 14.3. The number of amides is 2. The van der Waals surface area contributed by atoms with Crippen molar-refractivity contribution in [2.75, 3.05) is 24.6 Å². The molecule has 1 N–H and O–H groups in total. The van der Waals surface area contributed by atoms with E-state index >= 15 is 0 Å². The molecule has 2 amide bonds. The van der Waals surface area contributed by atoms with Gasteiger partial charge in [0.15, 0.2) is 0 Å². The van der Waals surface area contributed by atoms with Gasteiger partial charge in [0.1, 0.15) is 24.1 Å². The van der Waals surface area contributed by atoms with Crippen LogP contribution in [0.1, 0.15) is 63.5 Å². The van der Waals surface area contributed by atoms with Gasteiger partial charge in [0.05, 0.1) is 24.3 Å². The summed E-state index contributed by atoms with van der Waals surface area (Å²) in [7, 11) is -2.59. The summed E-state index contributed by atoms with van der Waals surface area (Å²) in [5, 5.41) is 3.18. The van der Waals surface area contributed by atoms with Crippen LogP contribution in [-0.2, 0) is 26.2 Å². The first-order chi connectivity index (χ1) is 21.7. The Labute approximate surface area is 267 Å². The molecular formula is C35H45N3O6S. The lowest BCUT2D eigenvalue weighted by Crippen LogP contribution is -2.54. The highest BCUT2D eigenvalue weighted by molar-refractivity contribution is 7.92. The second-order valence-corrected chi connectivity index (χ2v) is 13.3. The maximum absolute atomic E-state index is 14.3. The van der Waals surface area contributed by atoms with Crippen LogP contribution < -0.4 is 19.1 Å². The third-order valence-corrected chi connectivity index (χ3v) is 9.96. The molecule has 4 rings (SSSR count). The van der Waals surface area contributed by atoms with Gasteiger partial charge < -0.3 is 19.7 Å². The largest absolute Gasteiger partial charge is 0.497 e. The molecule has 0 saturated heterocycles. The van der Waals surface area contributed by atoms with Gasteiger partial charge in [0.25, 0.3) is 10.0 Å². The molecule has 10 heteroatoms. The first kappa shape index (κ1) is 33.8. The minimum absolute atomic E-state index is 0.0307. The average molecular weight is 636 g/mol. The van der Waals surface area contributed by atoms with E-state index < -0.39 is 28.5 Å². The number of ether oxygens (including phenoxy) is 2. The molecule has 1 fully saturated rings. The lowest BCUT2D eigenvalue weighted by Gasteiger charge is -2.34. The fourth-order valence-electron chi connectivity index (χ4n) is 5.63. The predicted molar refractivity (Wildman–Crippen MR) is 176 cm³/mol. The van der Waals surface area contributed by atoms with Gasteiger partial charge >= 0.3 is 0 Å². The van der Waals surface area contributed by atoms with Crippen molar-refractivity contribution in [2.45, 2.75) is 82.8 Å². The van der Waals surface area contributed by atoms with Gasteiger partial charge in [-0.15, -0.1) is 0 Å². The highest BCUT2D eigenvalue weighted by Gasteiger charge is 2.34. The smallest absolute Gasteiger partial charge is 0.264 e. The number of rotatable bonds is 14. The van der Waals surface area contributed by atoms with E-state index in [1.807, 2.05) is 45.0 Å². The Hall–Kier alpha value is -4.05. The summed E-state index contributed by atoms with van der Waals surface area (Å²) in [5.41, 5.74) is 2.10. The van der Waals surface area contributed by atoms with E-state index in [1.165, 1.54) is 17.0 Å². The number of methoxy groups -OCH3 is 1. The average Bonchev–Trinajstić information content (AvgIpc) is 3.05. The minimum atomic E-state index is -4.17. The van der Waals surface area contributed by atoms with Gasteiger partial charge in [0, 0.05) is 12.6 Å². The van der Waals surface area contributed by atoms with E-state index in [2.05, 4.69) is 5.32 Å². The van der Waals surface area contributed by atoms with Crippen LogP contribution in [-0.4, -0.2) is 57.5 Å². The summed E-state index contributed by atoms with van der Waals surface area (Å²) in [4.78, 5) is 29.6. The monoisotopic (exact) mass is 635 g/mol. The molecule has 9 nitrogen and oxygen atoms in total. The third kappa shape index (κ3) is 8.78. The third-order valence-electron chi connectivity index (χ3n) is 8.17. The maximum Gasteiger partial charge on any atom is 0.264 e. The SMILES string of the molecule is CCOc1ccc(S(=O)(=O)N(CC(=O)N(Cc2ccc(OC)cc2)C(CC)C(=O)NC2CCCCC2)c2ccc(C)cc2)cc1. The molecule has 1 aliphatic rings. The number of aryl methyl sites for hydroxylation is 1. The van der Waals surface area contributed by atoms with Crippen LogP contribution in [0, 0.1) is 6.92 Å². The Balaban J connectivity index is 1.69. The molecule has 1 aliphatic carbocycles. The molecule has 1 atom stereocenters. The topological polar surface area (TPSA) is 105 Å². The molecule has 242 valence electrons. The Morgan fingerprint density at radius 2 is 1.51 bits per heavy atom. The molecule has 0 radical (unpaired) electrons. The van der Waals surface area contributed by atoms with Crippen molar-refractivity contribution in [2.24, 2.45) is 0 Å². The van der Waals surface area contributed by atoms with E-state index in [0.29, 0.717) is 30.2 Å². The van der Waals surface area contributed by atoms with Crippen LogP contribution in [0.2, 0.25) is 0 Å². The van der Waals surface area contributed by atoms with E-state index in [1.54, 1.807) is 43.5 Å². The fourth-order valence-corrected chi connectivity index (χ4v) is 7.05. The van der Waals surface area contributed by atoms with Gasteiger partial charge in [-0.05, 0) is 87.2 Å². The van der Waals surface area contributed by atoms with Crippen molar-refractivity contribution in [1.82, 2.24) is 10.2 Å². The molecule has 0 heterocycles. The molecule has 0 bridgehead atoms. The van der Waals surface area contributed by atoms with E-state index in [-0.39, 0.29) is 23.4 Å². The second kappa shape index (κ2) is 15.8. The standard InChI is InChI=1S/C35H45N3O6S/c1-5-33(35(40)36-28-10-8-7-9-11-28)37(24-27-14-18-30(43-4)19-15-27)34(39)25-38(29-16-12-26(3)13-17-29)45(41,42)32-22-20-31(21-23-32)44-6-2/h12-23,28,33H,5-11,24-25H2,1-4H3,(H,36,40). The number of benzene rings is 3. The lowest BCUT2D eigenvalue weighted by molar-refractivity contribution is -0.140. The van der Waals surface area contributed by atoms with Crippen LogP contribution in [0.5, 0.6) is 11.5 Å². The van der Waals surface area contributed by atoms with Crippen molar-refractivity contribution in [3.05, 3.63) is 83.9 Å². The molecule has 45 heavy (non-hydrogen) atoms. The quantitative estimate of drug-likeness (QED) is 0.238. The second-order valence-electron chi connectivity index (χ2n) is 11.4. The van der Waals surface area contributed by atoms with E-state index in [0.717, 1.165) is 47.5 Å². The number of sulfonamides is 1. The summed E-state index contributed by atoms with van der Waals surface area (Å²) < 4.78 is 40.2. The van der Waals surface area contributed by atoms with Gasteiger partial charge in [-0.3, -0.25) is 13.9 Å². The van der Waals surface area contributed by atoms with Crippen molar-refractivity contribution < 1.29 is 27.5 Å². The van der Waals surface area contributed by atoms with Crippen LogP contribution in [0.25, 0.3) is 0 Å². The zero-order valence-corrected chi connectivity index (χ0v) is 27.5. The molecule has 1 saturated carbocycles. The van der Waals surface area contributed by atoms with Gasteiger partial charge in [-0.2, -0.15) is 0 Å². The lowest BCUT2D eigenvalue weighted by atomic mass is 9.95. The summed E-state index contributed by atoms with van der Waals surface area (Å²) in [5.74, 6) is 0.523. The normalized spacial score (nSPS) is 14.3. The van der Waals surface area contributed by atoms with Crippen LogP contribution in [0.3, 0.4) is 0 Å². The van der Waals surface area contributed by atoms with E-state index in [4.69, 9.17) is 9.47 Å². The number of carbonyl (C=O) groups is 2. The fraction of sp³-hybridized carbons (Fsp3) is 0.429. The van der Waals surface area contributed by atoms with E-state index in [9.17, 15) is 18.0 Å². The number of carbonyl (C=O) groups excluding carboxylic acids is 2. The summed E-state index contributed by atoms with van der Waals surface area (Å²) in [6.07, 6.45) is 5.47. The number of hydrogen-bond acceptors (Lipinski definition) is 6. The zero-order valence-electron chi connectivity index (χ0n) is 26.7. The molecular weight excluding hydrogens is 590 g/mol. The van der Waals surface area contributed by atoms with Crippen molar-refractivity contribution >= 4 is 27.5 Å². The Bertz CT molecular complexity index is 1500.